The van der Waals surface area contributed by atoms with Crippen molar-refractivity contribution in [2.24, 2.45) is 5.73 Å². The van der Waals surface area contributed by atoms with E-state index in [0.29, 0.717) is 11.1 Å². The molecule has 0 fully saturated rings. The van der Waals surface area contributed by atoms with Gasteiger partial charge >= 0.3 is 5.97 Å². The second-order valence-corrected chi connectivity index (χ2v) is 6.00. The van der Waals surface area contributed by atoms with Crippen molar-refractivity contribution in [3.8, 4) is 6.07 Å². The van der Waals surface area contributed by atoms with Crippen LogP contribution in [0.4, 0.5) is 0 Å². The molecule has 0 heterocycles. The summed E-state index contributed by atoms with van der Waals surface area (Å²) < 4.78 is 25.6. The number of carbonyl (C=O) groups is 2. The lowest BCUT2D eigenvalue weighted by atomic mass is 10.2. The average Bonchev–Trinajstić information content (AvgIpc) is 2.37. The number of nitrogens with zero attached hydrogens (tertiary/aromatic N) is 1. The summed E-state index contributed by atoms with van der Waals surface area (Å²) in [5.41, 5.74) is 5.62. The van der Waals surface area contributed by atoms with E-state index in [0.717, 1.165) is 0 Å². The molecule has 0 aliphatic rings. The van der Waals surface area contributed by atoms with Crippen LogP contribution >= 0.6 is 0 Å². The first kappa shape index (κ1) is 16.6. The summed E-state index contributed by atoms with van der Waals surface area (Å²) in [6, 6.07) is 6.07. The molecule has 0 aliphatic carbocycles. The number of carboxylic acid groups (broad SMARTS) is 1. The lowest BCUT2D eigenvalue weighted by Crippen LogP contribution is -2.43. The van der Waals surface area contributed by atoms with Gasteiger partial charge in [-0.15, -0.1) is 0 Å². The van der Waals surface area contributed by atoms with Gasteiger partial charge in [-0.1, -0.05) is 12.1 Å². The first-order valence-electron chi connectivity index (χ1n) is 5.73. The molecule has 1 aromatic carbocycles. The smallest absolute Gasteiger partial charge is 0.322 e. The molecule has 1 aromatic rings. The van der Waals surface area contributed by atoms with Gasteiger partial charge in [-0.3, -0.25) is 9.59 Å². The van der Waals surface area contributed by atoms with Crippen molar-refractivity contribution in [3.63, 3.8) is 0 Å². The minimum atomic E-state index is -3.97. The van der Waals surface area contributed by atoms with Crippen molar-refractivity contribution in [1.29, 1.82) is 5.26 Å². The normalized spacial score (nSPS) is 12.3. The summed E-state index contributed by atoms with van der Waals surface area (Å²) in [5.74, 6) is -2.89. The number of nitrogens with one attached hydrogen (secondary N) is 1. The highest BCUT2D eigenvalue weighted by Crippen LogP contribution is 2.08. The molecule has 0 bridgehead atoms. The molecule has 1 rings (SSSR count). The van der Waals surface area contributed by atoms with Crippen LogP contribution in [0.1, 0.15) is 17.5 Å². The fraction of sp³-hybridized carbons (Fsp3) is 0.250. The summed E-state index contributed by atoms with van der Waals surface area (Å²) >= 11 is 0. The van der Waals surface area contributed by atoms with E-state index in [9.17, 15) is 18.0 Å². The first-order chi connectivity index (χ1) is 9.73. The number of aliphatic carboxylic acids is 1. The SMILES string of the molecule is N#Cc1ccc(CS(=O)(=O)N[C@@H](CC(N)=O)C(=O)O)cc1. The Morgan fingerprint density at radius 3 is 2.33 bits per heavy atom. The highest BCUT2D eigenvalue weighted by molar-refractivity contribution is 7.88. The van der Waals surface area contributed by atoms with Crippen LogP contribution in [0, 0.1) is 11.3 Å². The number of hydrogen-bond donors (Lipinski definition) is 3. The van der Waals surface area contributed by atoms with Crippen LogP contribution in [-0.4, -0.2) is 31.4 Å². The molecule has 0 spiro atoms. The van der Waals surface area contributed by atoms with E-state index in [1.54, 1.807) is 0 Å². The molecule has 4 N–H and O–H groups in total. The van der Waals surface area contributed by atoms with Gasteiger partial charge in [0.15, 0.2) is 0 Å². The van der Waals surface area contributed by atoms with E-state index in [1.807, 2.05) is 10.8 Å². The number of carboxylic acids is 1. The third-order valence-electron chi connectivity index (χ3n) is 2.46. The number of nitrogens with two attached hydrogens (primary N) is 1. The summed E-state index contributed by atoms with van der Waals surface area (Å²) in [6.45, 7) is 0. The fourth-order valence-electron chi connectivity index (χ4n) is 1.53. The second kappa shape index (κ2) is 6.83. The van der Waals surface area contributed by atoms with E-state index in [-0.39, 0.29) is 0 Å². The maximum atomic E-state index is 11.9. The van der Waals surface area contributed by atoms with Crippen molar-refractivity contribution in [2.45, 2.75) is 18.2 Å². The van der Waals surface area contributed by atoms with Gasteiger partial charge in [-0.2, -0.15) is 5.26 Å². The Hall–Kier alpha value is -2.44. The number of primary amides is 1. The highest BCUT2D eigenvalue weighted by atomic mass is 32.2. The first-order valence-corrected chi connectivity index (χ1v) is 7.39. The number of nitriles is 1. The van der Waals surface area contributed by atoms with Crippen molar-refractivity contribution < 1.29 is 23.1 Å². The highest BCUT2D eigenvalue weighted by Gasteiger charge is 2.25. The van der Waals surface area contributed by atoms with E-state index >= 15 is 0 Å². The van der Waals surface area contributed by atoms with Crippen LogP contribution in [0.5, 0.6) is 0 Å². The molecule has 0 aliphatic heterocycles. The van der Waals surface area contributed by atoms with Gasteiger partial charge in [0.2, 0.25) is 15.9 Å². The molecular formula is C12H13N3O5S. The molecule has 0 saturated carbocycles. The largest absolute Gasteiger partial charge is 0.480 e. The Labute approximate surface area is 121 Å². The molecule has 0 unspecified atom stereocenters. The number of rotatable bonds is 7. The second-order valence-electron chi connectivity index (χ2n) is 4.25. The van der Waals surface area contributed by atoms with Crippen LogP contribution in [0.25, 0.3) is 0 Å². The molecular weight excluding hydrogens is 298 g/mol. The average molecular weight is 311 g/mol. The monoisotopic (exact) mass is 311 g/mol. The van der Waals surface area contributed by atoms with Gasteiger partial charge in [0.25, 0.3) is 0 Å². The zero-order valence-electron chi connectivity index (χ0n) is 10.8. The van der Waals surface area contributed by atoms with Gasteiger partial charge in [0.1, 0.15) is 6.04 Å². The number of sulfonamides is 1. The standard InChI is InChI=1S/C12H13N3O5S/c13-6-8-1-3-9(4-2-8)7-21(19,20)15-10(12(17)18)5-11(14)16/h1-4,10,15H,5,7H2,(H2,14,16)(H,17,18)/t10-/m0/s1. The lowest BCUT2D eigenvalue weighted by molar-refractivity contribution is -0.140. The van der Waals surface area contributed by atoms with Gasteiger partial charge < -0.3 is 10.8 Å². The van der Waals surface area contributed by atoms with Crippen LogP contribution in [0.2, 0.25) is 0 Å². The van der Waals surface area contributed by atoms with E-state index in [1.165, 1.54) is 24.3 Å². The Bertz CT molecular complexity index is 676. The van der Waals surface area contributed by atoms with Crippen molar-refractivity contribution in [1.82, 2.24) is 4.72 Å². The maximum absolute atomic E-state index is 11.9. The molecule has 0 radical (unpaired) electrons. The number of carbonyl (C=O) groups excluding carboxylic acids is 1. The summed E-state index contributed by atoms with van der Waals surface area (Å²) in [4.78, 5) is 21.6. The molecule has 8 nitrogen and oxygen atoms in total. The third-order valence-corrected chi connectivity index (χ3v) is 3.82. The molecule has 112 valence electrons. The Morgan fingerprint density at radius 2 is 1.90 bits per heavy atom. The van der Waals surface area contributed by atoms with Crippen molar-refractivity contribution in [3.05, 3.63) is 35.4 Å². The maximum Gasteiger partial charge on any atom is 0.322 e. The van der Waals surface area contributed by atoms with Gasteiger partial charge in [0.05, 0.1) is 23.8 Å². The Kier molecular flexibility index (Phi) is 5.40. The van der Waals surface area contributed by atoms with Crippen LogP contribution < -0.4 is 10.5 Å². The van der Waals surface area contributed by atoms with Crippen LogP contribution in [0.3, 0.4) is 0 Å². The van der Waals surface area contributed by atoms with E-state index in [2.05, 4.69) is 0 Å². The molecule has 9 heteroatoms. The van der Waals surface area contributed by atoms with Gasteiger partial charge in [-0.05, 0) is 17.7 Å². The van der Waals surface area contributed by atoms with Crippen LogP contribution in [0.15, 0.2) is 24.3 Å². The molecule has 21 heavy (non-hydrogen) atoms. The Balaban J connectivity index is 2.82. The predicted octanol–water partition coefficient (Wildman–Crippen LogP) is -0.694. The van der Waals surface area contributed by atoms with E-state index in [4.69, 9.17) is 16.1 Å². The number of benzene rings is 1. The molecule has 1 amide bonds. The van der Waals surface area contributed by atoms with E-state index < -0.39 is 40.1 Å². The quantitative estimate of drug-likeness (QED) is 0.606. The van der Waals surface area contributed by atoms with Crippen molar-refractivity contribution >= 4 is 21.9 Å². The van der Waals surface area contributed by atoms with Gasteiger partial charge in [-0.25, -0.2) is 13.1 Å². The lowest BCUT2D eigenvalue weighted by Gasteiger charge is -2.13. The summed E-state index contributed by atoms with van der Waals surface area (Å²) in [5, 5.41) is 17.5. The van der Waals surface area contributed by atoms with Crippen molar-refractivity contribution in [2.75, 3.05) is 0 Å². The minimum absolute atomic E-state index is 0.376. The summed E-state index contributed by atoms with van der Waals surface area (Å²) in [6.07, 6.45) is -0.637. The van der Waals surface area contributed by atoms with Crippen LogP contribution in [-0.2, 0) is 25.4 Å². The third kappa shape index (κ3) is 5.60. The van der Waals surface area contributed by atoms with Gasteiger partial charge in [0, 0.05) is 0 Å². The molecule has 1 atom stereocenters. The minimum Gasteiger partial charge on any atom is -0.480 e. The topological polar surface area (TPSA) is 150 Å². The summed E-state index contributed by atoms with van der Waals surface area (Å²) in [7, 11) is -3.97. The predicted molar refractivity (Wildman–Crippen MR) is 72.2 cm³/mol. The Morgan fingerprint density at radius 1 is 1.33 bits per heavy atom. The zero-order valence-corrected chi connectivity index (χ0v) is 11.6. The fourth-order valence-corrected chi connectivity index (χ4v) is 2.87. The zero-order chi connectivity index (χ0) is 16.0. The molecule has 0 aromatic heterocycles. The number of hydrogen-bond acceptors (Lipinski definition) is 5. The molecule has 0 saturated heterocycles. The number of amides is 1.